The number of carbonyl (C=O) groups excluding carboxylic acids is 1. The first-order valence-electron chi connectivity index (χ1n) is 6.21. The molecule has 0 aromatic heterocycles. The summed E-state index contributed by atoms with van der Waals surface area (Å²) in [7, 11) is 0. The van der Waals surface area contributed by atoms with Crippen molar-refractivity contribution in [1.82, 2.24) is 4.90 Å². The lowest BCUT2D eigenvalue weighted by atomic mass is 9.94. The SMILES string of the molecule is O=C(N1CCC(Cl)C1)C1(c2ccccc2)CC1. The van der Waals surface area contributed by atoms with E-state index in [-0.39, 0.29) is 16.7 Å². The Balaban J connectivity index is 1.82. The molecule has 1 heterocycles. The Hall–Kier alpha value is -1.02. The van der Waals surface area contributed by atoms with E-state index in [0.29, 0.717) is 0 Å². The Kier molecular flexibility index (Phi) is 2.62. The number of halogens is 1. The van der Waals surface area contributed by atoms with Gasteiger partial charge in [0.25, 0.3) is 0 Å². The van der Waals surface area contributed by atoms with Crippen molar-refractivity contribution in [1.29, 1.82) is 0 Å². The lowest BCUT2D eigenvalue weighted by Gasteiger charge is -2.23. The Bertz CT molecular complexity index is 427. The zero-order valence-electron chi connectivity index (χ0n) is 9.73. The van der Waals surface area contributed by atoms with Crippen molar-refractivity contribution in [3.05, 3.63) is 35.9 Å². The summed E-state index contributed by atoms with van der Waals surface area (Å²) < 4.78 is 0. The molecule has 1 aliphatic heterocycles. The van der Waals surface area contributed by atoms with E-state index in [0.717, 1.165) is 32.4 Å². The summed E-state index contributed by atoms with van der Waals surface area (Å²) in [6.45, 7) is 1.54. The molecule has 1 atom stereocenters. The quantitative estimate of drug-likeness (QED) is 0.738. The number of nitrogens with zero attached hydrogens (tertiary/aromatic N) is 1. The predicted octanol–water partition coefficient (Wildman–Crippen LogP) is 2.56. The molecule has 17 heavy (non-hydrogen) atoms. The van der Waals surface area contributed by atoms with Crippen LogP contribution in [0.1, 0.15) is 24.8 Å². The van der Waals surface area contributed by atoms with Crippen molar-refractivity contribution in [2.24, 2.45) is 0 Å². The molecular weight excluding hydrogens is 234 g/mol. The van der Waals surface area contributed by atoms with Gasteiger partial charge in [-0.25, -0.2) is 0 Å². The summed E-state index contributed by atoms with van der Waals surface area (Å²) in [5.41, 5.74) is 0.949. The molecule has 0 radical (unpaired) electrons. The van der Waals surface area contributed by atoms with Crippen molar-refractivity contribution >= 4 is 17.5 Å². The van der Waals surface area contributed by atoms with E-state index in [1.54, 1.807) is 0 Å². The van der Waals surface area contributed by atoms with E-state index in [1.807, 2.05) is 23.1 Å². The first kappa shape index (κ1) is 11.1. The third-order valence-corrected chi connectivity index (χ3v) is 4.26. The molecule has 2 aliphatic rings. The summed E-state index contributed by atoms with van der Waals surface area (Å²) in [5.74, 6) is 0.284. The van der Waals surface area contributed by atoms with E-state index < -0.39 is 0 Å². The van der Waals surface area contributed by atoms with Crippen molar-refractivity contribution < 1.29 is 4.79 Å². The first-order valence-corrected chi connectivity index (χ1v) is 6.65. The normalized spacial score (nSPS) is 25.9. The van der Waals surface area contributed by atoms with E-state index in [2.05, 4.69) is 12.1 Å². The minimum Gasteiger partial charge on any atom is -0.340 e. The van der Waals surface area contributed by atoms with Crippen LogP contribution in [0.3, 0.4) is 0 Å². The van der Waals surface area contributed by atoms with Gasteiger partial charge in [0, 0.05) is 13.1 Å². The molecule has 0 N–H and O–H groups in total. The van der Waals surface area contributed by atoms with Gasteiger partial charge in [0.2, 0.25) is 5.91 Å². The third-order valence-electron chi connectivity index (χ3n) is 3.90. The molecule has 1 aromatic carbocycles. The summed E-state index contributed by atoms with van der Waals surface area (Å²) >= 11 is 6.07. The van der Waals surface area contributed by atoms with Crippen LogP contribution in [0.15, 0.2) is 30.3 Å². The second kappa shape index (κ2) is 4.02. The maximum absolute atomic E-state index is 12.5. The van der Waals surface area contributed by atoms with E-state index >= 15 is 0 Å². The molecule has 90 valence electrons. The topological polar surface area (TPSA) is 20.3 Å². The summed E-state index contributed by atoms with van der Waals surface area (Å²) in [5, 5.41) is 0.144. The molecule has 1 aromatic rings. The average molecular weight is 250 g/mol. The van der Waals surface area contributed by atoms with Crippen LogP contribution in [0.5, 0.6) is 0 Å². The van der Waals surface area contributed by atoms with E-state index in [9.17, 15) is 4.79 Å². The summed E-state index contributed by atoms with van der Waals surface area (Å²) in [6, 6.07) is 10.2. The molecule has 2 nitrogen and oxygen atoms in total. The fraction of sp³-hybridized carbons (Fsp3) is 0.500. The van der Waals surface area contributed by atoms with Gasteiger partial charge in [0.15, 0.2) is 0 Å². The molecule has 3 rings (SSSR count). The van der Waals surface area contributed by atoms with Crippen LogP contribution < -0.4 is 0 Å². The van der Waals surface area contributed by atoms with Gasteiger partial charge in [-0.3, -0.25) is 4.79 Å². The van der Waals surface area contributed by atoms with Crippen molar-refractivity contribution in [3.63, 3.8) is 0 Å². The molecule has 3 heteroatoms. The fourth-order valence-electron chi connectivity index (χ4n) is 2.71. The Labute approximate surface area is 107 Å². The van der Waals surface area contributed by atoms with Gasteiger partial charge < -0.3 is 4.90 Å². The second-order valence-corrected chi connectivity index (χ2v) is 5.70. The third kappa shape index (κ3) is 1.85. The van der Waals surface area contributed by atoms with Crippen LogP contribution in [0.25, 0.3) is 0 Å². The Morgan fingerprint density at radius 3 is 2.53 bits per heavy atom. The van der Waals surface area contributed by atoms with Gasteiger partial charge in [0.05, 0.1) is 10.8 Å². The smallest absolute Gasteiger partial charge is 0.233 e. The minimum atomic E-state index is -0.220. The monoisotopic (exact) mass is 249 g/mol. The average Bonchev–Trinajstić information content (AvgIpc) is 3.07. The molecular formula is C14H16ClNO. The molecule has 0 spiro atoms. The molecule has 2 fully saturated rings. The lowest BCUT2D eigenvalue weighted by Crippen LogP contribution is -2.37. The van der Waals surface area contributed by atoms with Gasteiger partial charge in [-0.1, -0.05) is 30.3 Å². The van der Waals surface area contributed by atoms with Crippen LogP contribution >= 0.6 is 11.6 Å². The number of likely N-dealkylation sites (tertiary alicyclic amines) is 1. The highest BCUT2D eigenvalue weighted by Gasteiger charge is 2.53. The number of rotatable bonds is 2. The fourth-order valence-corrected chi connectivity index (χ4v) is 2.98. The minimum absolute atomic E-state index is 0.144. The van der Waals surface area contributed by atoms with Gasteiger partial charge in [0.1, 0.15) is 0 Å². The highest BCUT2D eigenvalue weighted by Crippen LogP contribution is 2.49. The summed E-state index contributed by atoms with van der Waals surface area (Å²) in [4.78, 5) is 14.5. The molecule has 1 aliphatic carbocycles. The largest absolute Gasteiger partial charge is 0.340 e. The number of carbonyl (C=O) groups is 1. The molecule has 1 saturated carbocycles. The number of benzene rings is 1. The van der Waals surface area contributed by atoms with Crippen LogP contribution in [-0.4, -0.2) is 29.3 Å². The zero-order chi connectivity index (χ0) is 11.9. The lowest BCUT2D eigenvalue weighted by molar-refractivity contribution is -0.132. The predicted molar refractivity (Wildman–Crippen MR) is 68.2 cm³/mol. The number of alkyl halides is 1. The van der Waals surface area contributed by atoms with Crippen LogP contribution in [-0.2, 0) is 10.2 Å². The molecule has 1 unspecified atom stereocenters. The molecule has 0 bridgehead atoms. The zero-order valence-corrected chi connectivity index (χ0v) is 10.5. The standard InChI is InChI=1S/C14H16ClNO/c15-12-6-9-16(10-12)13(17)14(7-8-14)11-4-2-1-3-5-11/h1-5,12H,6-10H2. The van der Waals surface area contributed by atoms with Gasteiger partial charge >= 0.3 is 0 Å². The molecule has 1 saturated heterocycles. The highest BCUT2D eigenvalue weighted by molar-refractivity contribution is 6.21. The number of amides is 1. The van der Waals surface area contributed by atoms with Crippen LogP contribution in [0.2, 0.25) is 0 Å². The maximum Gasteiger partial charge on any atom is 0.233 e. The van der Waals surface area contributed by atoms with Crippen molar-refractivity contribution in [2.45, 2.75) is 30.1 Å². The molecule has 1 amide bonds. The Morgan fingerprint density at radius 1 is 1.29 bits per heavy atom. The van der Waals surface area contributed by atoms with Gasteiger partial charge in [-0.15, -0.1) is 11.6 Å². The van der Waals surface area contributed by atoms with E-state index in [4.69, 9.17) is 11.6 Å². The van der Waals surface area contributed by atoms with Crippen LogP contribution in [0.4, 0.5) is 0 Å². The maximum atomic E-state index is 12.5. The first-order chi connectivity index (χ1) is 8.22. The number of hydrogen-bond acceptors (Lipinski definition) is 1. The van der Waals surface area contributed by atoms with Gasteiger partial charge in [-0.2, -0.15) is 0 Å². The van der Waals surface area contributed by atoms with Crippen molar-refractivity contribution in [3.8, 4) is 0 Å². The number of hydrogen-bond donors (Lipinski definition) is 0. The summed E-state index contributed by atoms with van der Waals surface area (Å²) in [6.07, 6.45) is 2.90. The van der Waals surface area contributed by atoms with E-state index in [1.165, 1.54) is 5.56 Å². The van der Waals surface area contributed by atoms with Crippen LogP contribution in [0, 0.1) is 0 Å². The second-order valence-electron chi connectivity index (χ2n) is 5.09. The van der Waals surface area contributed by atoms with Gasteiger partial charge in [-0.05, 0) is 24.8 Å². The Morgan fingerprint density at radius 2 is 2.00 bits per heavy atom. The van der Waals surface area contributed by atoms with Crippen molar-refractivity contribution in [2.75, 3.05) is 13.1 Å². The highest BCUT2D eigenvalue weighted by atomic mass is 35.5.